The fourth-order valence-electron chi connectivity index (χ4n) is 2.67. The standard InChI is InChI=1S/C17H27FN2/c1-17(2,3)19-12-15-9-11-20(13-15)10-8-14-4-6-16(18)7-5-14/h4-7,15,19H,8-13H2,1-3H3. The van der Waals surface area contributed by atoms with Crippen molar-refractivity contribution >= 4 is 0 Å². The molecule has 1 unspecified atom stereocenters. The smallest absolute Gasteiger partial charge is 0.123 e. The third kappa shape index (κ3) is 5.22. The van der Waals surface area contributed by atoms with E-state index in [4.69, 9.17) is 0 Å². The Hall–Kier alpha value is -0.930. The van der Waals surface area contributed by atoms with E-state index in [1.165, 1.54) is 25.1 Å². The number of hydrogen-bond acceptors (Lipinski definition) is 2. The molecule has 0 aliphatic carbocycles. The molecule has 0 aromatic heterocycles. The van der Waals surface area contributed by atoms with Gasteiger partial charge in [0.2, 0.25) is 0 Å². The second kappa shape index (κ2) is 6.68. The molecule has 1 aliphatic rings. The van der Waals surface area contributed by atoms with Gasteiger partial charge < -0.3 is 10.2 Å². The van der Waals surface area contributed by atoms with E-state index in [2.05, 4.69) is 31.0 Å². The Morgan fingerprint density at radius 2 is 1.95 bits per heavy atom. The SMILES string of the molecule is CC(C)(C)NCC1CCN(CCc2ccc(F)cc2)C1. The van der Waals surface area contributed by atoms with Gasteiger partial charge in [-0.25, -0.2) is 4.39 Å². The molecule has 0 bridgehead atoms. The van der Waals surface area contributed by atoms with E-state index < -0.39 is 0 Å². The topological polar surface area (TPSA) is 15.3 Å². The van der Waals surface area contributed by atoms with Crippen molar-refractivity contribution in [3.05, 3.63) is 35.6 Å². The molecule has 1 aromatic rings. The zero-order chi connectivity index (χ0) is 14.6. The molecule has 1 fully saturated rings. The van der Waals surface area contributed by atoms with E-state index in [1.807, 2.05) is 12.1 Å². The van der Waals surface area contributed by atoms with Crippen LogP contribution in [-0.2, 0) is 6.42 Å². The maximum absolute atomic E-state index is 12.8. The van der Waals surface area contributed by atoms with E-state index in [0.29, 0.717) is 0 Å². The molecule has 1 atom stereocenters. The summed E-state index contributed by atoms with van der Waals surface area (Å²) in [7, 11) is 0. The quantitative estimate of drug-likeness (QED) is 0.890. The zero-order valence-corrected chi connectivity index (χ0v) is 13.0. The van der Waals surface area contributed by atoms with E-state index in [-0.39, 0.29) is 11.4 Å². The Balaban J connectivity index is 1.69. The number of nitrogens with zero attached hydrogens (tertiary/aromatic N) is 1. The third-order valence-corrected chi connectivity index (χ3v) is 3.92. The van der Waals surface area contributed by atoms with Crippen LogP contribution >= 0.6 is 0 Å². The number of halogens is 1. The molecule has 112 valence electrons. The van der Waals surface area contributed by atoms with E-state index in [1.54, 1.807) is 12.1 Å². The highest BCUT2D eigenvalue weighted by molar-refractivity contribution is 5.16. The molecule has 1 aliphatic heterocycles. The van der Waals surface area contributed by atoms with Crippen LogP contribution < -0.4 is 5.32 Å². The average Bonchev–Trinajstić information content (AvgIpc) is 2.83. The normalized spacial score (nSPS) is 20.5. The lowest BCUT2D eigenvalue weighted by atomic mass is 10.1. The van der Waals surface area contributed by atoms with Crippen LogP contribution in [0.15, 0.2) is 24.3 Å². The van der Waals surface area contributed by atoms with Crippen molar-refractivity contribution < 1.29 is 4.39 Å². The lowest BCUT2D eigenvalue weighted by Crippen LogP contribution is -2.39. The van der Waals surface area contributed by atoms with Crippen LogP contribution in [0.2, 0.25) is 0 Å². The first-order chi connectivity index (χ1) is 9.42. The van der Waals surface area contributed by atoms with Crippen LogP contribution in [0.1, 0.15) is 32.8 Å². The molecule has 0 amide bonds. The van der Waals surface area contributed by atoms with Gasteiger partial charge in [-0.3, -0.25) is 0 Å². The van der Waals surface area contributed by atoms with Crippen molar-refractivity contribution in [1.82, 2.24) is 10.2 Å². The predicted octanol–water partition coefficient (Wildman–Crippen LogP) is 3.08. The van der Waals surface area contributed by atoms with Crippen molar-refractivity contribution in [1.29, 1.82) is 0 Å². The summed E-state index contributed by atoms with van der Waals surface area (Å²) in [6.07, 6.45) is 2.30. The molecule has 20 heavy (non-hydrogen) atoms. The molecule has 0 saturated carbocycles. The Bertz CT molecular complexity index is 408. The van der Waals surface area contributed by atoms with Crippen LogP contribution in [-0.4, -0.2) is 36.6 Å². The predicted molar refractivity (Wildman–Crippen MR) is 82.4 cm³/mol. The molecule has 2 rings (SSSR count). The van der Waals surface area contributed by atoms with E-state index in [9.17, 15) is 4.39 Å². The van der Waals surface area contributed by atoms with Gasteiger partial charge in [0.15, 0.2) is 0 Å². The van der Waals surface area contributed by atoms with Crippen molar-refractivity contribution in [3.8, 4) is 0 Å². The van der Waals surface area contributed by atoms with Gasteiger partial charge in [0.25, 0.3) is 0 Å². The minimum atomic E-state index is -0.150. The van der Waals surface area contributed by atoms with Gasteiger partial charge in [0.1, 0.15) is 5.82 Å². The highest BCUT2D eigenvalue weighted by Crippen LogP contribution is 2.17. The molecule has 1 saturated heterocycles. The summed E-state index contributed by atoms with van der Waals surface area (Å²) in [5.41, 5.74) is 1.43. The third-order valence-electron chi connectivity index (χ3n) is 3.92. The maximum atomic E-state index is 12.8. The summed E-state index contributed by atoms with van der Waals surface area (Å²) >= 11 is 0. The van der Waals surface area contributed by atoms with Crippen LogP contribution in [0.25, 0.3) is 0 Å². The monoisotopic (exact) mass is 278 g/mol. The van der Waals surface area contributed by atoms with Crippen LogP contribution in [0.5, 0.6) is 0 Å². The first kappa shape index (κ1) is 15.5. The number of hydrogen-bond donors (Lipinski definition) is 1. The molecule has 3 heteroatoms. The van der Waals surface area contributed by atoms with Crippen molar-refractivity contribution in [2.75, 3.05) is 26.2 Å². The summed E-state index contributed by atoms with van der Waals surface area (Å²) in [5.74, 6) is 0.616. The summed E-state index contributed by atoms with van der Waals surface area (Å²) < 4.78 is 12.8. The number of rotatable bonds is 5. The van der Waals surface area contributed by atoms with Gasteiger partial charge in [-0.15, -0.1) is 0 Å². The minimum absolute atomic E-state index is 0.150. The number of benzene rings is 1. The molecular weight excluding hydrogens is 251 g/mol. The molecule has 1 N–H and O–H groups in total. The van der Waals surface area contributed by atoms with Gasteiger partial charge in [0, 0.05) is 18.6 Å². The van der Waals surface area contributed by atoms with Gasteiger partial charge in [-0.1, -0.05) is 12.1 Å². The minimum Gasteiger partial charge on any atom is -0.312 e. The van der Waals surface area contributed by atoms with Gasteiger partial charge in [-0.2, -0.15) is 0 Å². The number of nitrogens with one attached hydrogen (secondary N) is 1. The van der Waals surface area contributed by atoms with Crippen molar-refractivity contribution in [2.24, 2.45) is 5.92 Å². The molecule has 2 nitrogen and oxygen atoms in total. The fraction of sp³-hybridized carbons (Fsp3) is 0.647. The summed E-state index contributed by atoms with van der Waals surface area (Å²) in [4.78, 5) is 2.53. The number of likely N-dealkylation sites (tertiary alicyclic amines) is 1. The van der Waals surface area contributed by atoms with Crippen molar-refractivity contribution in [2.45, 2.75) is 39.2 Å². The largest absolute Gasteiger partial charge is 0.312 e. The molecule has 1 aromatic carbocycles. The molecule has 0 radical (unpaired) electrons. The maximum Gasteiger partial charge on any atom is 0.123 e. The first-order valence-corrected chi connectivity index (χ1v) is 7.64. The Labute approximate surface area is 122 Å². The fourth-order valence-corrected chi connectivity index (χ4v) is 2.67. The highest BCUT2D eigenvalue weighted by atomic mass is 19.1. The second-order valence-corrected chi connectivity index (χ2v) is 6.96. The van der Waals surface area contributed by atoms with Crippen LogP contribution in [0.3, 0.4) is 0 Å². The van der Waals surface area contributed by atoms with E-state index in [0.717, 1.165) is 25.4 Å². The summed E-state index contributed by atoms with van der Waals surface area (Å²) in [6, 6.07) is 6.89. The van der Waals surface area contributed by atoms with Crippen molar-refractivity contribution in [3.63, 3.8) is 0 Å². The summed E-state index contributed by atoms with van der Waals surface area (Å²) in [6.45, 7) is 11.2. The average molecular weight is 278 g/mol. The van der Waals surface area contributed by atoms with Gasteiger partial charge in [-0.05, 0) is 70.3 Å². The second-order valence-electron chi connectivity index (χ2n) is 6.96. The van der Waals surface area contributed by atoms with Gasteiger partial charge in [0.05, 0.1) is 0 Å². The molecule has 0 spiro atoms. The molecular formula is C17H27FN2. The van der Waals surface area contributed by atoms with Crippen LogP contribution in [0, 0.1) is 11.7 Å². The lowest BCUT2D eigenvalue weighted by Gasteiger charge is -2.23. The lowest BCUT2D eigenvalue weighted by molar-refractivity contribution is 0.315. The Morgan fingerprint density at radius 1 is 1.25 bits per heavy atom. The van der Waals surface area contributed by atoms with Gasteiger partial charge >= 0.3 is 0 Å². The Kier molecular flexibility index (Phi) is 5.17. The van der Waals surface area contributed by atoms with E-state index >= 15 is 0 Å². The summed E-state index contributed by atoms with van der Waals surface area (Å²) in [5, 5.41) is 3.60. The molecule has 1 heterocycles. The zero-order valence-electron chi connectivity index (χ0n) is 13.0. The highest BCUT2D eigenvalue weighted by Gasteiger charge is 2.23. The Morgan fingerprint density at radius 3 is 2.60 bits per heavy atom. The van der Waals surface area contributed by atoms with Crippen LogP contribution in [0.4, 0.5) is 4.39 Å². The first-order valence-electron chi connectivity index (χ1n) is 7.64.